The molecular weight excluding hydrogens is 223 g/mol. The molecule has 1 atom stereocenters. The van der Waals surface area contributed by atoms with Crippen molar-refractivity contribution < 1.29 is 4.39 Å². The van der Waals surface area contributed by atoms with E-state index in [-0.39, 0.29) is 5.82 Å². The maximum Gasteiger partial charge on any atom is 0.170 e. The molecule has 2 nitrogen and oxygen atoms in total. The lowest BCUT2D eigenvalue weighted by Crippen LogP contribution is -2.35. The summed E-state index contributed by atoms with van der Waals surface area (Å²) in [6.45, 7) is 4.22. The zero-order chi connectivity index (χ0) is 12.0. The number of halogens is 1. The van der Waals surface area contributed by atoms with E-state index in [0.29, 0.717) is 11.2 Å². The molecule has 0 unspecified atom stereocenters. The van der Waals surface area contributed by atoms with Crippen LogP contribution in [0.5, 0.6) is 0 Å². The highest BCUT2D eigenvalue weighted by Crippen LogP contribution is 2.08. The normalized spacial score (nSPS) is 11.9. The Morgan fingerprint density at radius 1 is 1.38 bits per heavy atom. The number of rotatable bonds is 4. The third kappa shape index (κ3) is 4.57. The highest BCUT2D eigenvalue weighted by molar-refractivity contribution is 7.80. The minimum absolute atomic E-state index is 0.247. The molecule has 88 valence electrons. The van der Waals surface area contributed by atoms with Crippen molar-refractivity contribution >= 4 is 23.0 Å². The van der Waals surface area contributed by atoms with Crippen molar-refractivity contribution in [3.05, 3.63) is 30.1 Å². The second-order valence-electron chi connectivity index (χ2n) is 3.80. The second kappa shape index (κ2) is 6.43. The molecule has 0 fully saturated rings. The summed E-state index contributed by atoms with van der Waals surface area (Å²) in [5, 5.41) is 6.76. The molecule has 1 aromatic rings. The lowest BCUT2D eigenvalue weighted by molar-refractivity contribution is 0.599. The van der Waals surface area contributed by atoms with Crippen LogP contribution in [-0.2, 0) is 0 Å². The van der Waals surface area contributed by atoms with Crippen molar-refractivity contribution in [3.8, 4) is 0 Å². The zero-order valence-electron chi connectivity index (χ0n) is 9.59. The molecule has 0 aliphatic rings. The van der Waals surface area contributed by atoms with Gasteiger partial charge in [-0.15, -0.1) is 0 Å². The fraction of sp³-hybridized carbons (Fsp3) is 0.417. The maximum atomic E-state index is 12.7. The van der Waals surface area contributed by atoms with Crippen LogP contribution in [0.1, 0.15) is 26.7 Å². The summed E-state index contributed by atoms with van der Waals surface area (Å²) in [4.78, 5) is 0. The average molecular weight is 240 g/mol. The van der Waals surface area contributed by atoms with E-state index in [1.807, 2.05) is 0 Å². The molecule has 16 heavy (non-hydrogen) atoms. The molecule has 0 spiro atoms. The fourth-order valence-electron chi connectivity index (χ4n) is 1.43. The quantitative estimate of drug-likeness (QED) is 0.790. The smallest absolute Gasteiger partial charge is 0.170 e. The summed E-state index contributed by atoms with van der Waals surface area (Å²) in [6, 6.07) is 6.48. The monoisotopic (exact) mass is 240 g/mol. The molecule has 0 saturated heterocycles. The summed E-state index contributed by atoms with van der Waals surface area (Å²) in [6.07, 6.45) is 2.19. The number of benzene rings is 1. The Balaban J connectivity index is 2.42. The predicted octanol–water partition coefficient (Wildman–Crippen LogP) is 3.30. The van der Waals surface area contributed by atoms with Gasteiger partial charge in [0.1, 0.15) is 5.82 Å². The van der Waals surface area contributed by atoms with Gasteiger partial charge in [0.2, 0.25) is 0 Å². The van der Waals surface area contributed by atoms with Crippen LogP contribution in [-0.4, -0.2) is 11.2 Å². The van der Waals surface area contributed by atoms with E-state index in [1.54, 1.807) is 12.1 Å². The van der Waals surface area contributed by atoms with Gasteiger partial charge in [-0.3, -0.25) is 0 Å². The van der Waals surface area contributed by atoms with Gasteiger partial charge in [0.05, 0.1) is 0 Å². The van der Waals surface area contributed by atoms with Crippen molar-refractivity contribution in [3.63, 3.8) is 0 Å². The molecular formula is C12H17FN2S. The Morgan fingerprint density at radius 2 is 2.00 bits per heavy atom. The second-order valence-corrected chi connectivity index (χ2v) is 4.20. The first-order chi connectivity index (χ1) is 7.61. The van der Waals surface area contributed by atoms with Gasteiger partial charge >= 0.3 is 0 Å². The van der Waals surface area contributed by atoms with Gasteiger partial charge in [0.15, 0.2) is 5.11 Å². The van der Waals surface area contributed by atoms with E-state index in [1.165, 1.54) is 12.1 Å². The van der Waals surface area contributed by atoms with E-state index in [2.05, 4.69) is 24.5 Å². The molecule has 2 N–H and O–H groups in total. The van der Waals surface area contributed by atoms with Gasteiger partial charge in [0.25, 0.3) is 0 Å². The Kier molecular flexibility index (Phi) is 5.19. The molecule has 0 aliphatic heterocycles. The van der Waals surface area contributed by atoms with Gasteiger partial charge in [-0.05, 0) is 49.8 Å². The third-order valence-electron chi connectivity index (χ3n) is 2.20. The van der Waals surface area contributed by atoms with Gasteiger partial charge < -0.3 is 10.6 Å². The number of hydrogen-bond acceptors (Lipinski definition) is 1. The predicted molar refractivity (Wildman–Crippen MR) is 70.1 cm³/mol. The largest absolute Gasteiger partial charge is 0.360 e. The van der Waals surface area contributed by atoms with Crippen LogP contribution in [0.25, 0.3) is 0 Å². The summed E-state index contributed by atoms with van der Waals surface area (Å²) < 4.78 is 12.7. The Labute approximate surface area is 101 Å². The topological polar surface area (TPSA) is 24.1 Å². The maximum absolute atomic E-state index is 12.7. The van der Waals surface area contributed by atoms with Crippen LogP contribution in [0.4, 0.5) is 10.1 Å². The van der Waals surface area contributed by atoms with Gasteiger partial charge in [-0.1, -0.05) is 13.3 Å². The first kappa shape index (κ1) is 12.9. The van der Waals surface area contributed by atoms with Crippen LogP contribution in [0.15, 0.2) is 24.3 Å². The van der Waals surface area contributed by atoms with Crippen LogP contribution in [0.2, 0.25) is 0 Å². The molecule has 1 rings (SSSR count). The molecule has 0 amide bonds. The number of hydrogen-bond donors (Lipinski definition) is 2. The Hall–Kier alpha value is -1.16. The first-order valence-corrected chi connectivity index (χ1v) is 5.85. The standard InChI is InChI=1S/C12H17FN2S/c1-3-4-9(2)14-12(16)15-11-7-5-10(13)6-8-11/h5-9H,3-4H2,1-2H3,(H2,14,15,16)/t9-/m0/s1. The number of nitrogens with one attached hydrogen (secondary N) is 2. The van der Waals surface area contributed by atoms with Crippen molar-refractivity contribution in [1.29, 1.82) is 0 Å². The summed E-state index contributed by atoms with van der Waals surface area (Å²) in [7, 11) is 0. The van der Waals surface area contributed by atoms with Crippen molar-refractivity contribution in [2.75, 3.05) is 5.32 Å². The Morgan fingerprint density at radius 3 is 2.56 bits per heavy atom. The molecule has 0 aromatic heterocycles. The SMILES string of the molecule is CCC[C@H](C)NC(=S)Nc1ccc(F)cc1. The minimum atomic E-state index is -0.247. The van der Waals surface area contributed by atoms with Crippen molar-refractivity contribution in [2.24, 2.45) is 0 Å². The van der Waals surface area contributed by atoms with Crippen LogP contribution < -0.4 is 10.6 Å². The average Bonchev–Trinajstić information content (AvgIpc) is 2.21. The van der Waals surface area contributed by atoms with Gasteiger partial charge in [-0.25, -0.2) is 4.39 Å². The fourth-order valence-corrected chi connectivity index (χ4v) is 1.75. The molecule has 4 heteroatoms. The number of thiocarbonyl (C=S) groups is 1. The van der Waals surface area contributed by atoms with Crippen LogP contribution in [0.3, 0.4) is 0 Å². The summed E-state index contributed by atoms with van der Waals surface area (Å²) in [5.41, 5.74) is 0.794. The lowest BCUT2D eigenvalue weighted by Gasteiger charge is -2.16. The van der Waals surface area contributed by atoms with Crippen molar-refractivity contribution in [1.82, 2.24) is 5.32 Å². The van der Waals surface area contributed by atoms with E-state index in [4.69, 9.17) is 12.2 Å². The molecule has 1 aromatic carbocycles. The third-order valence-corrected chi connectivity index (χ3v) is 2.42. The molecule has 0 radical (unpaired) electrons. The van der Waals surface area contributed by atoms with E-state index < -0.39 is 0 Å². The molecule has 0 heterocycles. The first-order valence-electron chi connectivity index (χ1n) is 5.45. The van der Waals surface area contributed by atoms with E-state index >= 15 is 0 Å². The van der Waals surface area contributed by atoms with Gasteiger partial charge in [0, 0.05) is 11.7 Å². The van der Waals surface area contributed by atoms with E-state index in [9.17, 15) is 4.39 Å². The molecule has 0 bridgehead atoms. The molecule has 0 aliphatic carbocycles. The van der Waals surface area contributed by atoms with Crippen LogP contribution in [0, 0.1) is 5.82 Å². The van der Waals surface area contributed by atoms with Gasteiger partial charge in [-0.2, -0.15) is 0 Å². The summed E-state index contributed by atoms with van der Waals surface area (Å²) >= 11 is 5.14. The highest BCUT2D eigenvalue weighted by atomic mass is 32.1. The minimum Gasteiger partial charge on any atom is -0.360 e. The molecule has 0 saturated carbocycles. The zero-order valence-corrected chi connectivity index (χ0v) is 10.4. The highest BCUT2D eigenvalue weighted by Gasteiger charge is 2.02. The number of anilines is 1. The van der Waals surface area contributed by atoms with Crippen molar-refractivity contribution in [2.45, 2.75) is 32.7 Å². The Bertz CT molecular complexity index is 337. The van der Waals surface area contributed by atoms with Crippen LogP contribution >= 0.6 is 12.2 Å². The van der Waals surface area contributed by atoms with E-state index in [0.717, 1.165) is 18.5 Å². The summed E-state index contributed by atoms with van der Waals surface area (Å²) in [5.74, 6) is -0.247. The lowest BCUT2D eigenvalue weighted by atomic mass is 10.2.